The molecule has 0 unspecified atom stereocenters. The molecule has 0 aliphatic rings. The standard InChI is InChI=1S/C25H29N3.2ClH/c1-2-3-4-5-6-7-16-27-17-12-23(13-18-27)24-14-19-28(20-15-24)25-10-8-22(21-26)9-11-25;;/h8-15,17-20H,2-7,16H2,1H3;2*1H/q+2;;/p-2. The molecule has 1 aromatic carbocycles. The summed E-state index contributed by atoms with van der Waals surface area (Å²) in [6.45, 7) is 3.36. The first kappa shape index (κ1) is 25.6. The number of pyridine rings is 2. The fraction of sp³-hybridized carbons (Fsp3) is 0.320. The highest BCUT2D eigenvalue weighted by Gasteiger charge is 2.08. The predicted molar refractivity (Wildman–Crippen MR) is 112 cm³/mol. The number of halogens is 2. The maximum absolute atomic E-state index is 8.91. The van der Waals surface area contributed by atoms with Crippen LogP contribution in [-0.2, 0) is 6.54 Å². The predicted octanol–water partition coefficient (Wildman–Crippen LogP) is -0.842. The molecule has 0 amide bonds. The minimum atomic E-state index is 0. The molecule has 0 saturated heterocycles. The third-order valence-electron chi connectivity index (χ3n) is 5.12. The molecular weight excluding hydrogens is 413 g/mol. The monoisotopic (exact) mass is 441 g/mol. The first-order valence-corrected chi connectivity index (χ1v) is 10.3. The van der Waals surface area contributed by atoms with Gasteiger partial charge in [0.2, 0.25) is 5.69 Å². The highest BCUT2D eigenvalue weighted by atomic mass is 35.5. The Hall–Kier alpha value is -2.41. The second-order valence-electron chi connectivity index (χ2n) is 7.25. The summed E-state index contributed by atoms with van der Waals surface area (Å²) in [5.41, 5.74) is 4.16. The van der Waals surface area contributed by atoms with Gasteiger partial charge < -0.3 is 24.8 Å². The Morgan fingerprint density at radius 3 is 1.80 bits per heavy atom. The molecule has 0 saturated carbocycles. The number of nitriles is 1. The lowest BCUT2D eigenvalue weighted by Gasteiger charge is -2.02. The van der Waals surface area contributed by atoms with Crippen molar-refractivity contribution >= 4 is 0 Å². The zero-order valence-corrected chi connectivity index (χ0v) is 19.0. The topological polar surface area (TPSA) is 31.5 Å². The van der Waals surface area contributed by atoms with Crippen LogP contribution in [0.3, 0.4) is 0 Å². The molecule has 3 rings (SSSR count). The van der Waals surface area contributed by atoms with Crippen molar-refractivity contribution in [2.75, 3.05) is 0 Å². The fourth-order valence-corrected chi connectivity index (χ4v) is 3.37. The maximum atomic E-state index is 8.91. The number of aryl methyl sites for hydroxylation is 1. The molecule has 158 valence electrons. The minimum Gasteiger partial charge on any atom is -1.00 e. The van der Waals surface area contributed by atoms with Gasteiger partial charge in [0.15, 0.2) is 24.8 Å². The van der Waals surface area contributed by atoms with E-state index in [0.717, 1.165) is 12.2 Å². The molecule has 5 heteroatoms. The largest absolute Gasteiger partial charge is 1.00 e. The molecule has 2 heterocycles. The van der Waals surface area contributed by atoms with Crippen LogP contribution in [-0.4, -0.2) is 0 Å². The van der Waals surface area contributed by atoms with Crippen molar-refractivity contribution in [3.63, 3.8) is 0 Å². The van der Waals surface area contributed by atoms with Crippen molar-refractivity contribution in [1.82, 2.24) is 0 Å². The lowest BCUT2D eigenvalue weighted by Crippen LogP contribution is -3.00. The van der Waals surface area contributed by atoms with Crippen LogP contribution < -0.4 is 33.9 Å². The molecule has 3 aromatic rings. The highest BCUT2D eigenvalue weighted by Crippen LogP contribution is 2.16. The summed E-state index contributed by atoms with van der Waals surface area (Å²) in [4.78, 5) is 0. The van der Waals surface area contributed by atoms with Crippen LogP contribution in [0.15, 0.2) is 73.3 Å². The average Bonchev–Trinajstić information content (AvgIpc) is 2.77. The number of aromatic nitrogens is 2. The zero-order valence-electron chi connectivity index (χ0n) is 17.5. The Morgan fingerprint density at radius 1 is 0.700 bits per heavy atom. The Bertz CT molecular complexity index is 899. The van der Waals surface area contributed by atoms with E-state index < -0.39 is 0 Å². The lowest BCUT2D eigenvalue weighted by molar-refractivity contribution is -0.697. The molecule has 0 spiro atoms. The van der Waals surface area contributed by atoms with Crippen molar-refractivity contribution in [3.05, 3.63) is 78.9 Å². The molecule has 30 heavy (non-hydrogen) atoms. The van der Waals surface area contributed by atoms with Crippen LogP contribution in [0.4, 0.5) is 0 Å². The van der Waals surface area contributed by atoms with E-state index in [1.165, 1.54) is 49.7 Å². The number of hydrogen-bond donors (Lipinski definition) is 0. The Balaban J connectivity index is 0.00000225. The van der Waals surface area contributed by atoms with Crippen molar-refractivity contribution < 1.29 is 33.9 Å². The van der Waals surface area contributed by atoms with Gasteiger partial charge in [-0.3, -0.25) is 0 Å². The van der Waals surface area contributed by atoms with E-state index in [1.54, 1.807) is 0 Å². The van der Waals surface area contributed by atoms with E-state index in [2.05, 4.69) is 71.2 Å². The Morgan fingerprint density at radius 2 is 1.23 bits per heavy atom. The van der Waals surface area contributed by atoms with Gasteiger partial charge in [0.1, 0.15) is 6.54 Å². The van der Waals surface area contributed by atoms with E-state index in [4.69, 9.17) is 5.26 Å². The van der Waals surface area contributed by atoms with Crippen LogP contribution in [0.5, 0.6) is 0 Å². The maximum Gasteiger partial charge on any atom is 0.210 e. The summed E-state index contributed by atoms with van der Waals surface area (Å²) >= 11 is 0. The Kier molecular flexibility index (Phi) is 11.7. The van der Waals surface area contributed by atoms with Gasteiger partial charge in [0, 0.05) is 42.8 Å². The van der Waals surface area contributed by atoms with Crippen LogP contribution in [0.1, 0.15) is 51.0 Å². The lowest BCUT2D eigenvalue weighted by atomic mass is 10.1. The number of unbranched alkanes of at least 4 members (excludes halogenated alkanes) is 5. The quantitative estimate of drug-likeness (QED) is 0.314. The summed E-state index contributed by atoms with van der Waals surface area (Å²) in [6, 6.07) is 18.4. The molecule has 0 aliphatic heterocycles. The first-order valence-electron chi connectivity index (χ1n) is 10.3. The normalized spacial score (nSPS) is 9.87. The molecule has 0 N–H and O–H groups in total. The highest BCUT2D eigenvalue weighted by molar-refractivity contribution is 5.61. The third-order valence-corrected chi connectivity index (χ3v) is 5.12. The van der Waals surface area contributed by atoms with Crippen molar-refractivity contribution in [2.45, 2.75) is 52.0 Å². The second kappa shape index (κ2) is 13.7. The van der Waals surface area contributed by atoms with Gasteiger partial charge in [0.05, 0.1) is 11.6 Å². The van der Waals surface area contributed by atoms with Crippen LogP contribution in [0.2, 0.25) is 0 Å². The zero-order chi connectivity index (χ0) is 19.6. The van der Waals surface area contributed by atoms with Gasteiger partial charge in [-0.1, -0.05) is 32.6 Å². The van der Waals surface area contributed by atoms with E-state index in [0.29, 0.717) is 5.56 Å². The minimum absolute atomic E-state index is 0. The molecule has 0 atom stereocenters. The van der Waals surface area contributed by atoms with Gasteiger partial charge in [-0.2, -0.15) is 9.83 Å². The average molecular weight is 442 g/mol. The molecule has 0 bridgehead atoms. The van der Waals surface area contributed by atoms with Crippen LogP contribution in [0.25, 0.3) is 16.8 Å². The molecular formula is C25H29Cl2N3. The Labute approximate surface area is 192 Å². The summed E-state index contributed by atoms with van der Waals surface area (Å²) in [6.07, 6.45) is 16.5. The van der Waals surface area contributed by atoms with Gasteiger partial charge in [-0.25, -0.2) is 4.57 Å². The van der Waals surface area contributed by atoms with E-state index in [-0.39, 0.29) is 24.8 Å². The second-order valence-corrected chi connectivity index (χ2v) is 7.25. The summed E-state index contributed by atoms with van der Waals surface area (Å²) in [5.74, 6) is 0. The van der Waals surface area contributed by atoms with Crippen molar-refractivity contribution in [2.24, 2.45) is 0 Å². The van der Waals surface area contributed by atoms with Gasteiger partial charge in [-0.05, 0) is 29.7 Å². The summed E-state index contributed by atoms with van der Waals surface area (Å²) in [7, 11) is 0. The third kappa shape index (κ3) is 7.44. The molecule has 2 aromatic heterocycles. The molecule has 0 aliphatic carbocycles. The van der Waals surface area contributed by atoms with Gasteiger partial charge in [-0.15, -0.1) is 0 Å². The number of rotatable bonds is 9. The van der Waals surface area contributed by atoms with Crippen molar-refractivity contribution in [1.29, 1.82) is 5.26 Å². The van der Waals surface area contributed by atoms with E-state index in [1.807, 2.05) is 24.3 Å². The summed E-state index contributed by atoms with van der Waals surface area (Å²) < 4.78 is 4.34. The smallest absolute Gasteiger partial charge is 0.210 e. The van der Waals surface area contributed by atoms with Crippen LogP contribution in [0, 0.1) is 11.3 Å². The van der Waals surface area contributed by atoms with Crippen molar-refractivity contribution in [3.8, 4) is 22.9 Å². The number of hydrogen-bond acceptors (Lipinski definition) is 1. The molecule has 0 radical (unpaired) electrons. The van der Waals surface area contributed by atoms with Gasteiger partial charge in [0.25, 0.3) is 0 Å². The first-order chi connectivity index (χ1) is 13.8. The number of benzene rings is 1. The molecule has 3 nitrogen and oxygen atoms in total. The molecule has 0 fully saturated rings. The number of nitrogens with zero attached hydrogens (tertiary/aromatic N) is 3. The summed E-state index contributed by atoms with van der Waals surface area (Å²) in [5, 5.41) is 8.91. The fourth-order valence-electron chi connectivity index (χ4n) is 3.37. The van der Waals surface area contributed by atoms with E-state index in [9.17, 15) is 0 Å². The van der Waals surface area contributed by atoms with E-state index >= 15 is 0 Å². The SMILES string of the molecule is CCCCCCCC[n+]1ccc(-c2cc[n+](-c3ccc(C#N)cc3)cc2)cc1.[Cl-].[Cl-]. The van der Waals surface area contributed by atoms with Gasteiger partial charge >= 0.3 is 0 Å². The van der Waals surface area contributed by atoms with Crippen LogP contribution >= 0.6 is 0 Å².